The molecule has 0 bridgehead atoms. The van der Waals surface area contributed by atoms with Gasteiger partial charge in [-0.2, -0.15) is 0 Å². The lowest BCUT2D eigenvalue weighted by Crippen LogP contribution is -2.31. The fourth-order valence-electron chi connectivity index (χ4n) is 2.73. The molecule has 1 aromatic carbocycles. The first-order valence-corrected chi connectivity index (χ1v) is 9.05. The molecule has 0 saturated heterocycles. The summed E-state index contributed by atoms with van der Waals surface area (Å²) < 4.78 is 6.79. The van der Waals surface area contributed by atoms with Crippen LogP contribution in [0, 0.1) is 6.92 Å². The molecule has 0 aliphatic rings. The van der Waals surface area contributed by atoms with E-state index in [0.717, 1.165) is 21.7 Å². The number of benzene rings is 1. The molecular weight excluding hydrogens is 336 g/mol. The van der Waals surface area contributed by atoms with Crippen LogP contribution in [0.4, 0.5) is 0 Å². The number of ether oxygens (including phenoxy) is 1. The second-order valence-corrected chi connectivity index (χ2v) is 7.00. The first kappa shape index (κ1) is 17.4. The number of aromatic nitrogens is 2. The predicted molar refractivity (Wildman–Crippen MR) is 98.9 cm³/mol. The Morgan fingerprint density at radius 2 is 2.04 bits per heavy atom. The van der Waals surface area contributed by atoms with Gasteiger partial charge in [-0.25, -0.2) is 9.78 Å². The van der Waals surface area contributed by atoms with Crippen LogP contribution in [-0.4, -0.2) is 15.5 Å². The number of carbonyl (C=O) groups excluding carboxylic acids is 1. The highest BCUT2D eigenvalue weighted by molar-refractivity contribution is 7.18. The highest BCUT2D eigenvalue weighted by atomic mass is 32.1. The van der Waals surface area contributed by atoms with Crippen LogP contribution in [0.25, 0.3) is 10.2 Å². The van der Waals surface area contributed by atoms with E-state index in [4.69, 9.17) is 4.74 Å². The van der Waals surface area contributed by atoms with Crippen LogP contribution in [0.2, 0.25) is 0 Å². The number of hydrogen-bond acceptors (Lipinski definition) is 5. The Bertz CT molecular complexity index is 960. The molecule has 0 radical (unpaired) electrons. The number of nitrogens with zero attached hydrogens (tertiary/aromatic N) is 2. The number of aryl methyl sites for hydroxylation is 2. The lowest BCUT2D eigenvalue weighted by molar-refractivity contribution is -0.148. The topological polar surface area (TPSA) is 61.2 Å². The molecule has 0 aliphatic carbocycles. The fourth-order valence-corrected chi connectivity index (χ4v) is 3.73. The first-order valence-electron chi connectivity index (χ1n) is 8.23. The van der Waals surface area contributed by atoms with E-state index in [2.05, 4.69) is 4.98 Å². The Balaban J connectivity index is 1.87. The summed E-state index contributed by atoms with van der Waals surface area (Å²) in [7, 11) is 0. The molecule has 130 valence electrons. The van der Waals surface area contributed by atoms with E-state index in [-0.39, 0.29) is 12.2 Å². The molecule has 5 nitrogen and oxygen atoms in total. The maximum absolute atomic E-state index is 12.8. The normalized spacial score (nSPS) is 12.3. The van der Waals surface area contributed by atoms with Gasteiger partial charge in [0.25, 0.3) is 5.56 Å². The largest absolute Gasteiger partial charge is 0.459 e. The Kier molecular flexibility index (Phi) is 4.99. The maximum Gasteiger partial charge on any atom is 0.329 e. The Morgan fingerprint density at radius 1 is 1.32 bits per heavy atom. The van der Waals surface area contributed by atoms with E-state index in [1.807, 2.05) is 43.3 Å². The Hall–Kier alpha value is -2.47. The zero-order valence-corrected chi connectivity index (χ0v) is 15.3. The Morgan fingerprint density at radius 3 is 2.72 bits per heavy atom. The molecule has 0 saturated carbocycles. The monoisotopic (exact) mass is 356 g/mol. The average molecular weight is 356 g/mol. The van der Waals surface area contributed by atoms with Crippen LogP contribution in [0.15, 0.2) is 41.2 Å². The number of esters is 1. The van der Waals surface area contributed by atoms with Crippen molar-refractivity contribution in [3.63, 3.8) is 0 Å². The van der Waals surface area contributed by atoms with Crippen molar-refractivity contribution in [1.29, 1.82) is 0 Å². The summed E-state index contributed by atoms with van der Waals surface area (Å²) in [6.07, 6.45) is 0.855. The summed E-state index contributed by atoms with van der Waals surface area (Å²) in [4.78, 5) is 31.6. The highest BCUT2D eigenvalue weighted by Crippen LogP contribution is 2.23. The molecule has 0 aliphatic heterocycles. The van der Waals surface area contributed by atoms with Gasteiger partial charge in [0, 0.05) is 4.88 Å². The van der Waals surface area contributed by atoms with Gasteiger partial charge in [-0.1, -0.05) is 37.3 Å². The molecular formula is C19H20N2O3S. The van der Waals surface area contributed by atoms with Gasteiger partial charge in [0.05, 0.1) is 5.39 Å². The standard InChI is InChI=1S/C19H20N2O3S/c1-4-15-10-16-17(25-15)20-13(3)21(18(16)22)12(2)19(23)24-11-14-8-6-5-7-9-14/h5-10,12H,4,11H2,1-3H3. The van der Waals surface area contributed by atoms with E-state index < -0.39 is 12.0 Å². The van der Waals surface area contributed by atoms with Crippen molar-refractivity contribution in [2.75, 3.05) is 0 Å². The lowest BCUT2D eigenvalue weighted by Gasteiger charge is -2.16. The number of thiophene rings is 1. The maximum atomic E-state index is 12.8. The van der Waals surface area contributed by atoms with E-state index in [0.29, 0.717) is 11.2 Å². The number of hydrogen-bond donors (Lipinski definition) is 0. The van der Waals surface area contributed by atoms with Crippen molar-refractivity contribution in [3.8, 4) is 0 Å². The van der Waals surface area contributed by atoms with Gasteiger partial charge >= 0.3 is 5.97 Å². The van der Waals surface area contributed by atoms with Gasteiger partial charge in [0.15, 0.2) is 0 Å². The summed E-state index contributed by atoms with van der Waals surface area (Å²) in [6, 6.07) is 10.6. The van der Waals surface area contributed by atoms with E-state index >= 15 is 0 Å². The van der Waals surface area contributed by atoms with Crippen LogP contribution in [0.1, 0.15) is 36.2 Å². The molecule has 6 heteroatoms. The third kappa shape index (κ3) is 3.49. The molecule has 3 aromatic rings. The number of fused-ring (bicyclic) bond motifs is 1. The smallest absolute Gasteiger partial charge is 0.329 e. The van der Waals surface area contributed by atoms with E-state index in [9.17, 15) is 9.59 Å². The molecule has 3 rings (SSSR count). The number of rotatable bonds is 5. The minimum atomic E-state index is -0.724. The van der Waals surface area contributed by atoms with Gasteiger partial charge in [-0.3, -0.25) is 9.36 Å². The summed E-state index contributed by atoms with van der Waals surface area (Å²) in [6.45, 7) is 5.64. The fraction of sp³-hybridized carbons (Fsp3) is 0.316. The van der Waals surface area contributed by atoms with Crippen LogP contribution in [0.5, 0.6) is 0 Å². The van der Waals surface area contributed by atoms with Crippen LogP contribution >= 0.6 is 11.3 Å². The van der Waals surface area contributed by atoms with Crippen LogP contribution in [0.3, 0.4) is 0 Å². The second kappa shape index (κ2) is 7.19. The average Bonchev–Trinajstić information content (AvgIpc) is 3.03. The molecule has 1 unspecified atom stereocenters. The Labute approximate surface area is 149 Å². The summed E-state index contributed by atoms with van der Waals surface area (Å²) in [5, 5.41) is 0.565. The summed E-state index contributed by atoms with van der Waals surface area (Å²) in [5.41, 5.74) is 0.716. The number of carbonyl (C=O) groups is 1. The van der Waals surface area contributed by atoms with Crippen LogP contribution < -0.4 is 5.56 Å². The molecule has 0 amide bonds. The minimum absolute atomic E-state index is 0.186. The van der Waals surface area contributed by atoms with Crippen molar-refractivity contribution >= 4 is 27.5 Å². The van der Waals surface area contributed by atoms with Gasteiger partial charge in [-0.05, 0) is 31.9 Å². The van der Waals surface area contributed by atoms with Crippen molar-refractivity contribution in [3.05, 3.63) is 63.0 Å². The SMILES string of the molecule is CCc1cc2c(=O)n(C(C)C(=O)OCc3ccccc3)c(C)nc2s1. The van der Waals surface area contributed by atoms with Crippen molar-refractivity contribution < 1.29 is 9.53 Å². The van der Waals surface area contributed by atoms with Crippen molar-refractivity contribution in [2.24, 2.45) is 0 Å². The van der Waals surface area contributed by atoms with E-state index in [1.54, 1.807) is 13.8 Å². The van der Waals surface area contributed by atoms with Gasteiger partial charge in [0.1, 0.15) is 23.3 Å². The minimum Gasteiger partial charge on any atom is -0.459 e. The van der Waals surface area contributed by atoms with Gasteiger partial charge in [0.2, 0.25) is 0 Å². The zero-order chi connectivity index (χ0) is 18.0. The highest BCUT2D eigenvalue weighted by Gasteiger charge is 2.22. The summed E-state index contributed by atoms with van der Waals surface area (Å²) in [5.74, 6) is 0.0762. The second-order valence-electron chi connectivity index (χ2n) is 5.89. The van der Waals surface area contributed by atoms with Crippen LogP contribution in [-0.2, 0) is 22.6 Å². The molecule has 2 heterocycles. The van der Waals surface area contributed by atoms with E-state index in [1.165, 1.54) is 15.9 Å². The molecule has 0 N–H and O–H groups in total. The third-order valence-electron chi connectivity index (χ3n) is 4.13. The first-order chi connectivity index (χ1) is 12.0. The lowest BCUT2D eigenvalue weighted by atomic mass is 10.2. The molecule has 0 spiro atoms. The molecule has 1 atom stereocenters. The van der Waals surface area contributed by atoms with Gasteiger partial charge in [-0.15, -0.1) is 11.3 Å². The molecule has 2 aromatic heterocycles. The quantitative estimate of drug-likeness (QED) is 0.655. The molecule has 0 fully saturated rings. The van der Waals surface area contributed by atoms with Crippen molar-refractivity contribution in [1.82, 2.24) is 9.55 Å². The summed E-state index contributed by atoms with van der Waals surface area (Å²) >= 11 is 1.52. The third-order valence-corrected chi connectivity index (χ3v) is 5.30. The molecule has 25 heavy (non-hydrogen) atoms. The van der Waals surface area contributed by atoms with Crippen molar-refractivity contribution in [2.45, 2.75) is 39.8 Å². The predicted octanol–water partition coefficient (Wildman–Crippen LogP) is 3.63. The van der Waals surface area contributed by atoms with Gasteiger partial charge < -0.3 is 4.74 Å². The zero-order valence-electron chi connectivity index (χ0n) is 14.5.